The second kappa shape index (κ2) is 8.73. The van der Waals surface area contributed by atoms with E-state index in [-0.39, 0.29) is 23.2 Å². The van der Waals surface area contributed by atoms with Gasteiger partial charge < -0.3 is 21.7 Å². The van der Waals surface area contributed by atoms with Gasteiger partial charge in [0, 0.05) is 18.3 Å². The Balaban J connectivity index is 1.83. The first-order valence-electron chi connectivity index (χ1n) is 9.53. The van der Waals surface area contributed by atoms with Gasteiger partial charge >= 0.3 is 11.8 Å². The van der Waals surface area contributed by atoms with Gasteiger partial charge in [0.25, 0.3) is 0 Å². The first kappa shape index (κ1) is 21.0. The average molecular weight is 409 g/mol. The Kier molecular flexibility index (Phi) is 6.10. The van der Waals surface area contributed by atoms with Crippen LogP contribution in [0.4, 0.5) is 5.69 Å². The van der Waals surface area contributed by atoms with E-state index < -0.39 is 23.6 Å². The minimum Gasteiger partial charge on any atom is -0.366 e. The van der Waals surface area contributed by atoms with Gasteiger partial charge in [-0.05, 0) is 42.5 Å². The highest BCUT2D eigenvalue weighted by Gasteiger charge is 2.34. The van der Waals surface area contributed by atoms with Gasteiger partial charge in [0.2, 0.25) is 11.8 Å². The van der Waals surface area contributed by atoms with E-state index in [1.165, 1.54) is 23.4 Å². The van der Waals surface area contributed by atoms with Crippen molar-refractivity contribution in [3.8, 4) is 0 Å². The van der Waals surface area contributed by atoms with Crippen molar-refractivity contribution >= 4 is 29.3 Å². The number of carbonyl (C=O) groups is 4. The molecule has 30 heavy (non-hydrogen) atoms. The third-order valence-corrected chi connectivity index (χ3v) is 5.11. The zero-order valence-electron chi connectivity index (χ0n) is 16.5. The molecule has 1 fully saturated rings. The van der Waals surface area contributed by atoms with Gasteiger partial charge in [-0.15, -0.1) is 0 Å². The van der Waals surface area contributed by atoms with Gasteiger partial charge in [-0.25, -0.2) is 0 Å². The Morgan fingerprint density at radius 1 is 1.03 bits per heavy atom. The molecule has 156 valence electrons. The fourth-order valence-electron chi connectivity index (χ4n) is 3.58. The van der Waals surface area contributed by atoms with E-state index in [1.807, 2.05) is 13.0 Å². The van der Waals surface area contributed by atoms with Crippen molar-refractivity contribution in [3.05, 3.63) is 59.4 Å². The number of nitrogens with zero attached hydrogens (tertiary/aromatic N) is 2. The van der Waals surface area contributed by atoms with Crippen LogP contribution in [0, 0.1) is 5.92 Å². The number of hydrogen-bond acceptors (Lipinski definition) is 5. The molecule has 3 rings (SSSR count). The molecule has 1 aromatic heterocycles. The summed E-state index contributed by atoms with van der Waals surface area (Å²) in [7, 11) is 0. The molecule has 2 aromatic rings. The summed E-state index contributed by atoms with van der Waals surface area (Å²) in [6.45, 7) is 2.41. The molecule has 9 heteroatoms. The van der Waals surface area contributed by atoms with Crippen LogP contribution in [0.5, 0.6) is 0 Å². The largest absolute Gasteiger partial charge is 0.366 e. The number of likely N-dealkylation sites (tertiary alicyclic amines) is 1. The number of rotatable bonds is 4. The zero-order valence-corrected chi connectivity index (χ0v) is 16.5. The molecule has 4 amide bonds. The van der Waals surface area contributed by atoms with Crippen LogP contribution in [0.2, 0.25) is 0 Å². The number of benzene rings is 1. The number of pyridine rings is 1. The Labute approximate surface area is 173 Å². The van der Waals surface area contributed by atoms with Crippen LogP contribution in [0.3, 0.4) is 0 Å². The molecule has 0 bridgehead atoms. The molecule has 1 aromatic carbocycles. The van der Waals surface area contributed by atoms with Crippen molar-refractivity contribution in [2.75, 3.05) is 11.9 Å². The molecular weight excluding hydrogens is 386 g/mol. The quantitative estimate of drug-likeness (QED) is 0.649. The summed E-state index contributed by atoms with van der Waals surface area (Å²) in [6.07, 6.45) is 4.13. The van der Waals surface area contributed by atoms with E-state index in [9.17, 15) is 19.2 Å². The summed E-state index contributed by atoms with van der Waals surface area (Å²) in [4.78, 5) is 53.8. The highest BCUT2D eigenvalue weighted by atomic mass is 16.2. The highest BCUT2D eigenvalue weighted by Crippen LogP contribution is 2.33. The second-order valence-electron chi connectivity index (χ2n) is 7.43. The Morgan fingerprint density at radius 2 is 1.77 bits per heavy atom. The number of amides is 4. The maximum Gasteiger partial charge on any atom is 0.313 e. The predicted octanol–water partition coefficient (Wildman–Crippen LogP) is 1.22. The van der Waals surface area contributed by atoms with Gasteiger partial charge in [-0.3, -0.25) is 24.2 Å². The van der Waals surface area contributed by atoms with Gasteiger partial charge in [0.15, 0.2) is 0 Å². The average Bonchev–Trinajstić information content (AvgIpc) is 2.73. The summed E-state index contributed by atoms with van der Waals surface area (Å²) in [5, 5.41) is 2.48. The number of primary amides is 2. The van der Waals surface area contributed by atoms with Crippen molar-refractivity contribution in [3.63, 3.8) is 0 Å². The topological polar surface area (TPSA) is 148 Å². The van der Waals surface area contributed by atoms with Crippen molar-refractivity contribution in [2.24, 2.45) is 17.4 Å². The van der Waals surface area contributed by atoms with Crippen LogP contribution in [0.15, 0.2) is 42.7 Å². The van der Waals surface area contributed by atoms with Crippen LogP contribution in [0.25, 0.3) is 0 Å². The fraction of sp³-hybridized carbons (Fsp3) is 0.286. The molecular formula is C21H23N5O4. The van der Waals surface area contributed by atoms with Crippen molar-refractivity contribution in [1.82, 2.24) is 9.88 Å². The summed E-state index contributed by atoms with van der Waals surface area (Å²) >= 11 is 0. The first-order valence-corrected chi connectivity index (χ1v) is 9.53. The lowest BCUT2D eigenvalue weighted by Gasteiger charge is -2.38. The lowest BCUT2D eigenvalue weighted by atomic mass is 9.89. The molecule has 2 heterocycles. The van der Waals surface area contributed by atoms with E-state index in [0.717, 1.165) is 12.0 Å². The lowest BCUT2D eigenvalue weighted by molar-refractivity contribution is -0.146. The second-order valence-corrected chi connectivity index (χ2v) is 7.43. The molecule has 0 aliphatic carbocycles. The summed E-state index contributed by atoms with van der Waals surface area (Å²) in [6, 6.07) is 7.78. The third kappa shape index (κ3) is 4.62. The molecule has 0 radical (unpaired) electrons. The van der Waals surface area contributed by atoms with Gasteiger partial charge in [0.05, 0.1) is 23.5 Å². The number of anilines is 1. The lowest BCUT2D eigenvalue weighted by Crippen LogP contribution is -2.46. The number of nitrogens with one attached hydrogen (secondary N) is 1. The minimum absolute atomic E-state index is 0.119. The zero-order chi connectivity index (χ0) is 21.8. The summed E-state index contributed by atoms with van der Waals surface area (Å²) in [5.74, 6) is -2.58. The van der Waals surface area contributed by atoms with Crippen LogP contribution in [0.1, 0.15) is 52.1 Å². The number of hydrogen-bond donors (Lipinski definition) is 3. The molecule has 0 unspecified atom stereocenters. The molecule has 1 saturated heterocycles. The maximum absolute atomic E-state index is 13.0. The molecule has 0 saturated carbocycles. The number of aromatic nitrogens is 1. The Hall–Kier alpha value is -3.75. The molecule has 1 aliphatic rings. The molecule has 0 spiro atoms. The Bertz CT molecular complexity index is 1010. The van der Waals surface area contributed by atoms with Crippen LogP contribution in [-0.4, -0.2) is 40.1 Å². The van der Waals surface area contributed by atoms with Crippen molar-refractivity contribution in [2.45, 2.75) is 25.8 Å². The monoisotopic (exact) mass is 409 g/mol. The van der Waals surface area contributed by atoms with Gasteiger partial charge in [0.1, 0.15) is 0 Å². The molecule has 5 N–H and O–H groups in total. The third-order valence-electron chi connectivity index (χ3n) is 5.11. The normalized spacial score (nSPS) is 18.5. The highest BCUT2D eigenvalue weighted by molar-refractivity contribution is 6.39. The van der Waals surface area contributed by atoms with Crippen molar-refractivity contribution in [1.29, 1.82) is 0 Å². The van der Waals surface area contributed by atoms with E-state index in [4.69, 9.17) is 11.5 Å². The van der Waals surface area contributed by atoms with E-state index in [1.54, 1.807) is 18.2 Å². The summed E-state index contributed by atoms with van der Waals surface area (Å²) < 4.78 is 0. The maximum atomic E-state index is 13.0. The molecule has 9 nitrogen and oxygen atoms in total. The van der Waals surface area contributed by atoms with E-state index in [2.05, 4.69) is 10.3 Å². The van der Waals surface area contributed by atoms with Crippen molar-refractivity contribution < 1.29 is 19.2 Å². The van der Waals surface area contributed by atoms with Gasteiger partial charge in [-0.1, -0.05) is 19.1 Å². The SMILES string of the molecule is C[C@H]1CC[C@H](c2cccc(C(N)=O)c2)N(C(=O)C(=O)Nc2cncc(C(N)=O)c2)C1. The number of piperidine rings is 1. The Morgan fingerprint density at radius 3 is 2.47 bits per heavy atom. The molecule has 2 atom stereocenters. The van der Waals surface area contributed by atoms with Crippen LogP contribution >= 0.6 is 0 Å². The summed E-state index contributed by atoms with van der Waals surface area (Å²) in [5.41, 5.74) is 12.0. The van der Waals surface area contributed by atoms with Crippen LogP contribution in [-0.2, 0) is 9.59 Å². The smallest absolute Gasteiger partial charge is 0.313 e. The standard InChI is InChI=1S/C21H23N5O4/c1-12-5-6-17(13-3-2-4-14(7-13)18(22)27)26(11-12)21(30)20(29)25-16-8-15(19(23)28)9-24-10-16/h2-4,7-10,12,17H,5-6,11H2,1H3,(H2,22,27)(H2,23,28)(H,25,29)/t12-,17+/m0/s1. The van der Waals surface area contributed by atoms with E-state index >= 15 is 0 Å². The van der Waals surface area contributed by atoms with E-state index in [0.29, 0.717) is 18.5 Å². The number of carbonyl (C=O) groups excluding carboxylic acids is 4. The van der Waals surface area contributed by atoms with Gasteiger partial charge in [-0.2, -0.15) is 0 Å². The first-order chi connectivity index (χ1) is 14.3. The fourth-order valence-corrected chi connectivity index (χ4v) is 3.58. The minimum atomic E-state index is -0.844. The molecule has 1 aliphatic heterocycles. The number of nitrogens with two attached hydrogens (primary N) is 2. The van der Waals surface area contributed by atoms with Crippen LogP contribution < -0.4 is 16.8 Å². The predicted molar refractivity (Wildman–Crippen MR) is 109 cm³/mol.